The van der Waals surface area contributed by atoms with Crippen molar-refractivity contribution in [3.8, 4) is 0 Å². The van der Waals surface area contributed by atoms with Crippen LogP contribution in [0.1, 0.15) is 36.8 Å². The van der Waals surface area contributed by atoms with Crippen LogP contribution in [-0.4, -0.2) is 31.8 Å². The fourth-order valence-electron chi connectivity index (χ4n) is 2.49. The molecular formula is C17H26N2O2. The van der Waals surface area contributed by atoms with Crippen LogP contribution in [0.3, 0.4) is 0 Å². The summed E-state index contributed by atoms with van der Waals surface area (Å²) >= 11 is 0. The predicted molar refractivity (Wildman–Crippen MR) is 84.5 cm³/mol. The summed E-state index contributed by atoms with van der Waals surface area (Å²) < 4.78 is 5.27. The Hall–Kier alpha value is -1.55. The second-order valence-electron chi connectivity index (χ2n) is 5.73. The molecule has 2 N–H and O–H groups in total. The molecule has 1 aliphatic rings. The lowest BCUT2D eigenvalue weighted by Crippen LogP contribution is -2.44. The molecule has 1 saturated heterocycles. The zero-order chi connectivity index (χ0) is 14.9. The smallest absolute Gasteiger partial charge is 0.315 e. The SMILES string of the molecule is Cc1ccc(CCCCNC(=O)NC2CCOCC2)cc1. The molecule has 0 spiro atoms. The number of rotatable bonds is 6. The van der Waals surface area contributed by atoms with Crippen LogP contribution in [0.2, 0.25) is 0 Å². The van der Waals surface area contributed by atoms with Crippen LogP contribution in [-0.2, 0) is 11.2 Å². The minimum absolute atomic E-state index is 0.0442. The van der Waals surface area contributed by atoms with E-state index in [1.807, 2.05) is 0 Å². The molecule has 1 heterocycles. The van der Waals surface area contributed by atoms with Crippen molar-refractivity contribution in [1.82, 2.24) is 10.6 Å². The van der Waals surface area contributed by atoms with Gasteiger partial charge in [0, 0.05) is 25.8 Å². The molecule has 2 rings (SSSR count). The molecule has 116 valence electrons. The second kappa shape index (κ2) is 8.67. The molecule has 1 aliphatic heterocycles. The first-order chi connectivity index (χ1) is 10.2. The van der Waals surface area contributed by atoms with Crippen LogP contribution in [0.25, 0.3) is 0 Å². The van der Waals surface area contributed by atoms with Crippen LogP contribution in [0.15, 0.2) is 24.3 Å². The number of aryl methyl sites for hydroxylation is 2. The summed E-state index contributed by atoms with van der Waals surface area (Å²) in [5, 5.41) is 5.94. The molecule has 0 aromatic heterocycles. The first-order valence-corrected chi connectivity index (χ1v) is 7.92. The van der Waals surface area contributed by atoms with E-state index >= 15 is 0 Å². The van der Waals surface area contributed by atoms with Gasteiger partial charge in [-0.2, -0.15) is 0 Å². The third kappa shape index (κ3) is 6.17. The summed E-state index contributed by atoms with van der Waals surface area (Å²) in [6.07, 6.45) is 5.01. The molecule has 0 aliphatic carbocycles. The van der Waals surface area contributed by atoms with E-state index in [2.05, 4.69) is 41.8 Å². The van der Waals surface area contributed by atoms with Gasteiger partial charge in [-0.3, -0.25) is 0 Å². The number of hydrogen-bond donors (Lipinski definition) is 2. The molecule has 1 aromatic carbocycles. The van der Waals surface area contributed by atoms with E-state index < -0.39 is 0 Å². The third-order valence-electron chi connectivity index (χ3n) is 3.85. The number of ether oxygens (including phenoxy) is 1. The van der Waals surface area contributed by atoms with Gasteiger partial charge in [-0.05, 0) is 44.6 Å². The number of unbranched alkanes of at least 4 members (excludes halogenated alkanes) is 1. The molecule has 1 aromatic rings. The van der Waals surface area contributed by atoms with Crippen molar-refractivity contribution in [1.29, 1.82) is 0 Å². The predicted octanol–water partition coefficient (Wildman–Crippen LogP) is 2.80. The second-order valence-corrected chi connectivity index (χ2v) is 5.73. The summed E-state index contributed by atoms with van der Waals surface area (Å²) in [7, 11) is 0. The largest absolute Gasteiger partial charge is 0.381 e. The maximum absolute atomic E-state index is 11.7. The highest BCUT2D eigenvalue weighted by Gasteiger charge is 2.15. The van der Waals surface area contributed by atoms with Gasteiger partial charge >= 0.3 is 6.03 Å². The van der Waals surface area contributed by atoms with Gasteiger partial charge in [-0.15, -0.1) is 0 Å². The quantitative estimate of drug-likeness (QED) is 0.792. The minimum Gasteiger partial charge on any atom is -0.381 e. The summed E-state index contributed by atoms with van der Waals surface area (Å²) in [5.74, 6) is 0. The Balaban J connectivity index is 1.52. The number of carbonyl (C=O) groups is 1. The average Bonchev–Trinajstić information content (AvgIpc) is 2.50. The van der Waals surface area contributed by atoms with Crippen molar-refractivity contribution in [2.24, 2.45) is 0 Å². The number of carbonyl (C=O) groups excluding carboxylic acids is 1. The molecule has 21 heavy (non-hydrogen) atoms. The lowest BCUT2D eigenvalue weighted by Gasteiger charge is -2.23. The molecule has 0 unspecified atom stereocenters. The Labute approximate surface area is 127 Å². The molecule has 0 saturated carbocycles. The van der Waals surface area contributed by atoms with Crippen LogP contribution in [0.4, 0.5) is 4.79 Å². The zero-order valence-corrected chi connectivity index (χ0v) is 12.9. The van der Waals surface area contributed by atoms with Gasteiger partial charge in [-0.25, -0.2) is 4.79 Å². The highest BCUT2D eigenvalue weighted by Crippen LogP contribution is 2.07. The van der Waals surface area contributed by atoms with Crippen molar-refractivity contribution in [3.63, 3.8) is 0 Å². The molecule has 0 radical (unpaired) electrons. The lowest BCUT2D eigenvalue weighted by molar-refractivity contribution is 0.0801. The van der Waals surface area contributed by atoms with E-state index in [1.165, 1.54) is 11.1 Å². The zero-order valence-electron chi connectivity index (χ0n) is 12.9. The molecular weight excluding hydrogens is 264 g/mol. The molecule has 0 atom stereocenters. The van der Waals surface area contributed by atoms with Crippen LogP contribution >= 0.6 is 0 Å². The fourth-order valence-corrected chi connectivity index (χ4v) is 2.49. The minimum atomic E-state index is -0.0442. The van der Waals surface area contributed by atoms with Gasteiger partial charge in [0.1, 0.15) is 0 Å². The highest BCUT2D eigenvalue weighted by atomic mass is 16.5. The molecule has 1 fully saturated rings. The number of urea groups is 1. The van der Waals surface area contributed by atoms with E-state index in [4.69, 9.17) is 4.74 Å². The van der Waals surface area contributed by atoms with E-state index in [9.17, 15) is 4.79 Å². The monoisotopic (exact) mass is 290 g/mol. The Morgan fingerprint density at radius 3 is 2.62 bits per heavy atom. The van der Waals surface area contributed by atoms with E-state index in [1.54, 1.807) is 0 Å². The topological polar surface area (TPSA) is 50.4 Å². The van der Waals surface area contributed by atoms with E-state index in [-0.39, 0.29) is 12.1 Å². The molecule has 4 heteroatoms. The summed E-state index contributed by atoms with van der Waals surface area (Å²) in [5.41, 5.74) is 2.66. The normalized spacial score (nSPS) is 15.7. The third-order valence-corrected chi connectivity index (χ3v) is 3.85. The van der Waals surface area contributed by atoms with Crippen molar-refractivity contribution < 1.29 is 9.53 Å². The van der Waals surface area contributed by atoms with Crippen LogP contribution in [0.5, 0.6) is 0 Å². The van der Waals surface area contributed by atoms with Crippen molar-refractivity contribution in [2.75, 3.05) is 19.8 Å². The maximum atomic E-state index is 11.7. The van der Waals surface area contributed by atoms with Crippen LogP contribution in [0, 0.1) is 6.92 Å². The number of nitrogens with one attached hydrogen (secondary N) is 2. The molecule has 2 amide bonds. The summed E-state index contributed by atoms with van der Waals surface area (Å²) in [6.45, 7) is 4.34. The van der Waals surface area contributed by atoms with Crippen molar-refractivity contribution >= 4 is 6.03 Å². The Kier molecular flexibility index (Phi) is 6.54. The number of hydrogen-bond acceptors (Lipinski definition) is 2. The summed E-state index contributed by atoms with van der Waals surface area (Å²) in [4.78, 5) is 11.7. The highest BCUT2D eigenvalue weighted by molar-refractivity contribution is 5.74. The molecule has 0 bridgehead atoms. The first kappa shape index (κ1) is 15.8. The van der Waals surface area contributed by atoms with Gasteiger partial charge < -0.3 is 15.4 Å². The van der Waals surface area contributed by atoms with Gasteiger partial charge in [0.05, 0.1) is 0 Å². The van der Waals surface area contributed by atoms with Gasteiger partial charge in [-0.1, -0.05) is 29.8 Å². The average molecular weight is 290 g/mol. The van der Waals surface area contributed by atoms with Gasteiger partial charge in [0.25, 0.3) is 0 Å². The van der Waals surface area contributed by atoms with Crippen molar-refractivity contribution in [3.05, 3.63) is 35.4 Å². The van der Waals surface area contributed by atoms with E-state index in [0.717, 1.165) is 51.9 Å². The Morgan fingerprint density at radius 2 is 1.90 bits per heavy atom. The first-order valence-electron chi connectivity index (χ1n) is 7.92. The summed E-state index contributed by atoms with van der Waals surface area (Å²) in [6, 6.07) is 8.88. The lowest BCUT2D eigenvalue weighted by atomic mass is 10.1. The number of benzene rings is 1. The fraction of sp³-hybridized carbons (Fsp3) is 0.588. The number of amides is 2. The maximum Gasteiger partial charge on any atom is 0.315 e. The Morgan fingerprint density at radius 1 is 1.19 bits per heavy atom. The van der Waals surface area contributed by atoms with Crippen molar-refractivity contribution in [2.45, 2.75) is 45.1 Å². The van der Waals surface area contributed by atoms with Crippen LogP contribution < -0.4 is 10.6 Å². The van der Waals surface area contributed by atoms with Gasteiger partial charge in [0.2, 0.25) is 0 Å². The Bertz CT molecular complexity index is 425. The van der Waals surface area contributed by atoms with Gasteiger partial charge in [0.15, 0.2) is 0 Å². The molecule has 4 nitrogen and oxygen atoms in total. The van der Waals surface area contributed by atoms with E-state index in [0.29, 0.717) is 0 Å². The standard InChI is InChI=1S/C17H26N2O2/c1-14-5-7-15(8-6-14)4-2-3-11-18-17(20)19-16-9-12-21-13-10-16/h5-8,16H,2-4,9-13H2,1H3,(H2,18,19,20).